The van der Waals surface area contributed by atoms with Crippen molar-refractivity contribution in [2.24, 2.45) is 5.10 Å². The van der Waals surface area contributed by atoms with E-state index < -0.39 is 11.8 Å². The maximum Gasteiger partial charge on any atom is 0.329 e. The predicted octanol–water partition coefficient (Wildman–Crippen LogP) is 3.10. The van der Waals surface area contributed by atoms with Gasteiger partial charge in [0.2, 0.25) is 0 Å². The summed E-state index contributed by atoms with van der Waals surface area (Å²) >= 11 is 12.0. The third kappa shape index (κ3) is 5.11. The molecule has 0 fully saturated rings. The minimum atomic E-state index is -0.935. The van der Waals surface area contributed by atoms with E-state index in [1.165, 1.54) is 20.4 Å². The monoisotopic (exact) mass is 395 g/mol. The van der Waals surface area contributed by atoms with Crippen molar-refractivity contribution in [3.63, 3.8) is 0 Å². The zero-order chi connectivity index (χ0) is 19.1. The second kappa shape index (κ2) is 9.07. The van der Waals surface area contributed by atoms with Crippen LogP contribution in [0.15, 0.2) is 41.5 Å². The minimum absolute atomic E-state index is 0.295. The number of methoxy groups -OCH3 is 2. The topological polar surface area (TPSA) is 89.0 Å². The van der Waals surface area contributed by atoms with Crippen molar-refractivity contribution in [2.75, 3.05) is 19.5 Å². The van der Waals surface area contributed by atoms with E-state index in [-0.39, 0.29) is 0 Å². The number of carbonyl (C=O) groups is 2. The van der Waals surface area contributed by atoms with Crippen LogP contribution in [0.5, 0.6) is 11.5 Å². The van der Waals surface area contributed by atoms with Gasteiger partial charge in [-0.1, -0.05) is 29.3 Å². The normalized spacial score (nSPS) is 10.5. The first-order chi connectivity index (χ1) is 12.4. The second-order valence-corrected chi connectivity index (χ2v) is 5.72. The zero-order valence-electron chi connectivity index (χ0n) is 13.9. The number of carbonyl (C=O) groups excluding carboxylic acids is 2. The van der Waals surface area contributed by atoms with Crippen LogP contribution in [0.4, 0.5) is 5.69 Å². The van der Waals surface area contributed by atoms with Gasteiger partial charge < -0.3 is 14.8 Å². The first kappa shape index (κ1) is 19.6. The van der Waals surface area contributed by atoms with Crippen LogP contribution in [0.3, 0.4) is 0 Å². The van der Waals surface area contributed by atoms with Gasteiger partial charge in [0.05, 0.1) is 30.5 Å². The zero-order valence-corrected chi connectivity index (χ0v) is 15.4. The third-order valence-corrected chi connectivity index (χ3v) is 3.70. The number of anilines is 1. The van der Waals surface area contributed by atoms with E-state index in [2.05, 4.69) is 15.8 Å². The molecule has 0 aliphatic rings. The number of hydrogen-bond donors (Lipinski definition) is 2. The summed E-state index contributed by atoms with van der Waals surface area (Å²) < 4.78 is 10.1. The Bertz CT molecular complexity index is 833. The molecule has 0 spiro atoms. The summed E-state index contributed by atoms with van der Waals surface area (Å²) in [5.41, 5.74) is 3.06. The number of hydrazone groups is 1. The molecule has 2 N–H and O–H groups in total. The number of nitrogens with one attached hydrogen (secondary N) is 2. The van der Waals surface area contributed by atoms with Crippen molar-refractivity contribution >= 4 is 46.9 Å². The molecule has 0 bridgehead atoms. The van der Waals surface area contributed by atoms with E-state index in [1.54, 1.807) is 36.4 Å². The number of ether oxygens (including phenoxy) is 2. The second-order valence-electron chi connectivity index (χ2n) is 4.90. The summed E-state index contributed by atoms with van der Waals surface area (Å²) in [5.74, 6) is -0.919. The van der Waals surface area contributed by atoms with Crippen molar-refractivity contribution in [1.82, 2.24) is 5.43 Å². The fourth-order valence-electron chi connectivity index (χ4n) is 1.95. The summed E-state index contributed by atoms with van der Waals surface area (Å²) in [6.45, 7) is 0. The van der Waals surface area contributed by atoms with E-state index in [9.17, 15) is 9.59 Å². The lowest BCUT2D eigenvalue weighted by Gasteiger charge is -2.07. The highest BCUT2D eigenvalue weighted by Crippen LogP contribution is 2.33. The highest BCUT2D eigenvalue weighted by atomic mass is 35.5. The average Bonchev–Trinajstić information content (AvgIpc) is 2.61. The molecule has 7 nitrogen and oxygen atoms in total. The Balaban J connectivity index is 1.97. The Morgan fingerprint density at radius 1 is 1.04 bits per heavy atom. The van der Waals surface area contributed by atoms with Crippen LogP contribution < -0.4 is 20.2 Å². The average molecular weight is 396 g/mol. The molecular formula is C17H15Cl2N3O4. The molecule has 9 heteroatoms. The van der Waals surface area contributed by atoms with Crippen molar-refractivity contribution in [1.29, 1.82) is 0 Å². The molecule has 2 rings (SSSR count). The molecule has 0 aliphatic carbocycles. The molecule has 2 aromatic carbocycles. The van der Waals surface area contributed by atoms with Gasteiger partial charge in [-0.25, -0.2) is 5.43 Å². The fraction of sp³-hybridized carbons (Fsp3) is 0.118. The molecule has 0 saturated carbocycles. The Kier molecular flexibility index (Phi) is 6.82. The number of hydrogen-bond acceptors (Lipinski definition) is 5. The molecule has 0 atom stereocenters. The van der Waals surface area contributed by atoms with E-state index >= 15 is 0 Å². The summed E-state index contributed by atoms with van der Waals surface area (Å²) in [7, 11) is 2.95. The van der Waals surface area contributed by atoms with E-state index in [4.69, 9.17) is 32.7 Å². The Hall–Kier alpha value is -2.77. The molecule has 2 aromatic rings. The van der Waals surface area contributed by atoms with Crippen LogP contribution in [0.2, 0.25) is 10.0 Å². The maximum absolute atomic E-state index is 11.8. The number of amides is 2. The molecule has 0 saturated heterocycles. The van der Waals surface area contributed by atoms with Gasteiger partial charge in [-0.05, 0) is 29.8 Å². The van der Waals surface area contributed by atoms with Gasteiger partial charge in [0.1, 0.15) is 5.75 Å². The quantitative estimate of drug-likeness (QED) is 0.462. The number of benzene rings is 2. The van der Waals surface area contributed by atoms with Gasteiger partial charge in [-0.2, -0.15) is 5.10 Å². The van der Waals surface area contributed by atoms with Crippen LogP contribution in [-0.2, 0) is 9.59 Å². The Morgan fingerprint density at radius 2 is 1.73 bits per heavy atom. The summed E-state index contributed by atoms with van der Waals surface area (Å²) in [5, 5.41) is 6.73. The van der Waals surface area contributed by atoms with Gasteiger partial charge in [0.25, 0.3) is 0 Å². The molecular weight excluding hydrogens is 381 g/mol. The largest absolute Gasteiger partial charge is 0.497 e. The number of rotatable bonds is 5. The lowest BCUT2D eigenvalue weighted by atomic mass is 10.2. The minimum Gasteiger partial charge on any atom is -0.497 e. The van der Waals surface area contributed by atoms with Gasteiger partial charge >= 0.3 is 11.8 Å². The van der Waals surface area contributed by atoms with Crippen molar-refractivity contribution in [2.45, 2.75) is 0 Å². The standard InChI is InChI=1S/C17H15Cl2N3O4/c1-25-12-5-3-4-11(8-12)21-16(23)17(24)22-20-9-10-6-13(18)15(26-2)14(19)7-10/h3-9H,1-2H3,(H,21,23)(H,22,24)/b20-9-. The molecule has 0 aliphatic heterocycles. The van der Waals surface area contributed by atoms with Crippen LogP contribution in [0.25, 0.3) is 0 Å². The number of halogens is 2. The van der Waals surface area contributed by atoms with E-state index in [0.29, 0.717) is 32.8 Å². The van der Waals surface area contributed by atoms with Crippen molar-refractivity contribution in [3.8, 4) is 11.5 Å². The summed E-state index contributed by atoms with van der Waals surface area (Å²) in [6, 6.07) is 9.71. The van der Waals surface area contributed by atoms with Crippen molar-refractivity contribution in [3.05, 3.63) is 52.0 Å². The van der Waals surface area contributed by atoms with Gasteiger partial charge in [-0.3, -0.25) is 9.59 Å². The molecule has 0 heterocycles. The third-order valence-electron chi connectivity index (χ3n) is 3.14. The predicted molar refractivity (Wildman–Crippen MR) is 100 cm³/mol. The van der Waals surface area contributed by atoms with Crippen molar-refractivity contribution < 1.29 is 19.1 Å². The molecule has 26 heavy (non-hydrogen) atoms. The van der Waals surface area contributed by atoms with E-state index in [1.807, 2.05) is 0 Å². The van der Waals surface area contributed by atoms with Gasteiger partial charge in [0, 0.05) is 11.8 Å². The molecule has 0 aromatic heterocycles. The van der Waals surface area contributed by atoms with Gasteiger partial charge in [0.15, 0.2) is 5.75 Å². The van der Waals surface area contributed by atoms with Gasteiger partial charge in [-0.15, -0.1) is 0 Å². The molecule has 136 valence electrons. The number of nitrogens with zero attached hydrogens (tertiary/aromatic N) is 1. The van der Waals surface area contributed by atoms with Crippen LogP contribution in [-0.4, -0.2) is 32.2 Å². The summed E-state index contributed by atoms with van der Waals surface area (Å²) in [4.78, 5) is 23.6. The fourth-order valence-corrected chi connectivity index (χ4v) is 2.61. The highest BCUT2D eigenvalue weighted by molar-refractivity contribution is 6.39. The summed E-state index contributed by atoms with van der Waals surface area (Å²) in [6.07, 6.45) is 1.30. The highest BCUT2D eigenvalue weighted by Gasteiger charge is 2.13. The maximum atomic E-state index is 11.8. The lowest BCUT2D eigenvalue weighted by Crippen LogP contribution is -2.32. The first-order valence-electron chi connectivity index (χ1n) is 7.26. The Morgan fingerprint density at radius 3 is 2.35 bits per heavy atom. The first-order valence-corrected chi connectivity index (χ1v) is 8.01. The van der Waals surface area contributed by atoms with Crippen LogP contribution >= 0.6 is 23.2 Å². The molecule has 0 radical (unpaired) electrons. The van der Waals surface area contributed by atoms with Crippen LogP contribution in [0, 0.1) is 0 Å². The Labute approximate surface area is 159 Å². The lowest BCUT2D eigenvalue weighted by molar-refractivity contribution is -0.136. The smallest absolute Gasteiger partial charge is 0.329 e. The van der Waals surface area contributed by atoms with Crippen LogP contribution in [0.1, 0.15) is 5.56 Å². The molecule has 2 amide bonds. The SMILES string of the molecule is COc1cccc(NC(=O)C(=O)N/N=C\c2cc(Cl)c(OC)c(Cl)c2)c1. The van der Waals surface area contributed by atoms with E-state index in [0.717, 1.165) is 0 Å². The molecule has 0 unspecified atom stereocenters.